The summed E-state index contributed by atoms with van der Waals surface area (Å²) in [6, 6.07) is 8.57. The average Bonchev–Trinajstić information content (AvgIpc) is 2.49. The third kappa shape index (κ3) is 4.16. The highest BCUT2D eigenvalue weighted by Gasteiger charge is 2.06. The summed E-state index contributed by atoms with van der Waals surface area (Å²) in [5, 5.41) is 9.04. The van der Waals surface area contributed by atoms with E-state index in [1.165, 1.54) is 13.2 Å². The Bertz CT molecular complexity index is 695. The van der Waals surface area contributed by atoms with Gasteiger partial charge in [0.05, 0.1) is 12.3 Å². The van der Waals surface area contributed by atoms with Crippen molar-refractivity contribution in [3.05, 3.63) is 46.2 Å². The minimum absolute atomic E-state index is 0.195. The lowest BCUT2D eigenvalue weighted by molar-refractivity contribution is 0.107. The normalized spacial score (nSPS) is 10.3. The first-order chi connectivity index (χ1) is 10.6. The summed E-state index contributed by atoms with van der Waals surface area (Å²) in [5.74, 6) is 0. The third-order valence-electron chi connectivity index (χ3n) is 2.92. The van der Waals surface area contributed by atoms with Crippen molar-refractivity contribution in [2.24, 2.45) is 0 Å². The number of aromatic amines is 1. The Morgan fingerprint density at radius 2 is 2.00 bits per heavy atom. The highest BCUT2D eigenvalue weighted by Crippen LogP contribution is 2.21. The van der Waals surface area contributed by atoms with Crippen LogP contribution in [0.5, 0.6) is 0 Å². The van der Waals surface area contributed by atoms with Gasteiger partial charge in [0.25, 0.3) is 5.56 Å². The Hall–Kier alpha value is -2.67. The van der Waals surface area contributed by atoms with Gasteiger partial charge in [0.15, 0.2) is 0 Å². The molecule has 0 bridgehead atoms. The maximum Gasteiger partial charge on any atom is 0.411 e. The first-order valence-corrected chi connectivity index (χ1v) is 6.69. The van der Waals surface area contributed by atoms with E-state index in [9.17, 15) is 9.59 Å². The second-order valence-electron chi connectivity index (χ2n) is 4.59. The zero-order valence-corrected chi connectivity index (χ0v) is 12.4. The summed E-state index contributed by atoms with van der Waals surface area (Å²) < 4.78 is 9.70. The standard InChI is InChI=1S/C15H17N3O4/c1-10-9-13(19)17-18-14(10)11-3-5-12(6-4-11)16-15(20)22-8-7-21-2/h3-6,9H,7-8H2,1-2H3,(H,16,20)(H,17,19). The molecule has 0 unspecified atom stereocenters. The molecule has 22 heavy (non-hydrogen) atoms. The summed E-state index contributed by atoms with van der Waals surface area (Å²) in [7, 11) is 1.53. The van der Waals surface area contributed by atoms with Gasteiger partial charge in [0.1, 0.15) is 6.61 Å². The summed E-state index contributed by atoms with van der Waals surface area (Å²) in [5.41, 5.74) is 2.68. The lowest BCUT2D eigenvalue weighted by Crippen LogP contribution is -2.16. The number of nitrogens with one attached hydrogen (secondary N) is 2. The summed E-state index contributed by atoms with van der Waals surface area (Å²) >= 11 is 0. The number of hydrogen-bond acceptors (Lipinski definition) is 5. The van der Waals surface area contributed by atoms with Crippen LogP contribution in [0.25, 0.3) is 11.3 Å². The van der Waals surface area contributed by atoms with E-state index in [1.807, 2.05) is 6.92 Å². The van der Waals surface area contributed by atoms with Gasteiger partial charge >= 0.3 is 6.09 Å². The molecule has 0 saturated carbocycles. The fourth-order valence-electron chi connectivity index (χ4n) is 1.87. The van der Waals surface area contributed by atoms with Gasteiger partial charge in [-0.1, -0.05) is 12.1 Å². The molecule has 0 radical (unpaired) electrons. The minimum Gasteiger partial charge on any atom is -0.447 e. The number of H-pyrrole nitrogens is 1. The molecule has 0 spiro atoms. The second kappa shape index (κ2) is 7.37. The van der Waals surface area contributed by atoms with Crippen LogP contribution in [-0.4, -0.2) is 36.6 Å². The number of hydrogen-bond donors (Lipinski definition) is 2. The predicted octanol–water partition coefficient (Wildman–Crippen LogP) is 1.94. The molecule has 7 heteroatoms. The van der Waals surface area contributed by atoms with Crippen LogP contribution in [-0.2, 0) is 9.47 Å². The van der Waals surface area contributed by atoms with Crippen LogP contribution in [0.2, 0.25) is 0 Å². The topological polar surface area (TPSA) is 93.3 Å². The van der Waals surface area contributed by atoms with Crippen LogP contribution in [0.3, 0.4) is 0 Å². The van der Waals surface area contributed by atoms with Gasteiger partial charge in [-0.2, -0.15) is 5.10 Å². The number of benzene rings is 1. The van der Waals surface area contributed by atoms with Gasteiger partial charge in [-0.15, -0.1) is 0 Å². The van der Waals surface area contributed by atoms with E-state index >= 15 is 0 Å². The number of anilines is 1. The molecule has 1 aromatic carbocycles. The monoisotopic (exact) mass is 303 g/mol. The first-order valence-electron chi connectivity index (χ1n) is 6.69. The van der Waals surface area contributed by atoms with Crippen molar-refractivity contribution in [1.29, 1.82) is 0 Å². The highest BCUT2D eigenvalue weighted by atomic mass is 16.6. The van der Waals surface area contributed by atoms with Crippen LogP contribution in [0.1, 0.15) is 5.56 Å². The number of ether oxygens (including phenoxy) is 2. The highest BCUT2D eigenvalue weighted by molar-refractivity contribution is 5.85. The van der Waals surface area contributed by atoms with E-state index < -0.39 is 6.09 Å². The minimum atomic E-state index is -0.539. The van der Waals surface area contributed by atoms with Crippen molar-refractivity contribution in [3.63, 3.8) is 0 Å². The van der Waals surface area contributed by atoms with Crippen LogP contribution in [0.4, 0.5) is 10.5 Å². The molecule has 0 aliphatic heterocycles. The van der Waals surface area contributed by atoms with E-state index in [-0.39, 0.29) is 12.2 Å². The van der Waals surface area contributed by atoms with Crippen LogP contribution in [0.15, 0.2) is 35.1 Å². The van der Waals surface area contributed by atoms with Crippen molar-refractivity contribution < 1.29 is 14.3 Å². The molecule has 116 valence electrons. The molecular formula is C15H17N3O4. The number of aromatic nitrogens is 2. The Kier molecular flexibility index (Phi) is 5.26. The lowest BCUT2D eigenvalue weighted by atomic mass is 10.1. The largest absolute Gasteiger partial charge is 0.447 e. The number of nitrogens with zero attached hydrogens (tertiary/aromatic N) is 1. The van der Waals surface area contributed by atoms with E-state index in [0.717, 1.165) is 11.1 Å². The Balaban J connectivity index is 2.04. The SMILES string of the molecule is COCCOC(=O)Nc1ccc(-c2n[nH]c(=O)cc2C)cc1. The number of carbonyl (C=O) groups excluding carboxylic acids is 1. The maximum absolute atomic E-state index is 11.5. The molecule has 0 aliphatic carbocycles. The fourth-order valence-corrected chi connectivity index (χ4v) is 1.87. The molecule has 2 rings (SSSR count). The molecule has 0 saturated heterocycles. The lowest BCUT2D eigenvalue weighted by Gasteiger charge is -2.08. The average molecular weight is 303 g/mol. The van der Waals surface area contributed by atoms with Crippen LogP contribution < -0.4 is 10.9 Å². The Morgan fingerprint density at radius 1 is 1.27 bits per heavy atom. The van der Waals surface area contributed by atoms with E-state index in [2.05, 4.69) is 15.5 Å². The van der Waals surface area contributed by atoms with E-state index in [1.54, 1.807) is 24.3 Å². The molecule has 2 aromatic rings. The molecular weight excluding hydrogens is 286 g/mol. The number of methoxy groups -OCH3 is 1. The van der Waals surface area contributed by atoms with Crippen LogP contribution >= 0.6 is 0 Å². The van der Waals surface area contributed by atoms with Gasteiger partial charge in [-0.3, -0.25) is 10.1 Å². The summed E-state index contributed by atoms with van der Waals surface area (Å²) in [6.45, 7) is 2.36. The van der Waals surface area contributed by atoms with Crippen molar-refractivity contribution in [3.8, 4) is 11.3 Å². The van der Waals surface area contributed by atoms with E-state index in [4.69, 9.17) is 9.47 Å². The molecule has 7 nitrogen and oxygen atoms in total. The zero-order chi connectivity index (χ0) is 15.9. The Morgan fingerprint density at radius 3 is 2.64 bits per heavy atom. The second-order valence-corrected chi connectivity index (χ2v) is 4.59. The summed E-state index contributed by atoms with van der Waals surface area (Å²) in [6.07, 6.45) is -0.539. The Labute approximate surface area is 127 Å². The van der Waals surface area contributed by atoms with Gasteiger partial charge in [0.2, 0.25) is 0 Å². The molecule has 1 amide bonds. The zero-order valence-electron chi connectivity index (χ0n) is 12.4. The van der Waals surface area contributed by atoms with Gasteiger partial charge in [0, 0.05) is 24.4 Å². The van der Waals surface area contributed by atoms with Crippen LogP contribution in [0, 0.1) is 6.92 Å². The van der Waals surface area contributed by atoms with Gasteiger partial charge < -0.3 is 9.47 Å². The number of amides is 1. The molecule has 0 aliphatic rings. The number of aryl methyl sites for hydroxylation is 1. The molecule has 0 fully saturated rings. The van der Waals surface area contributed by atoms with E-state index in [0.29, 0.717) is 18.0 Å². The van der Waals surface area contributed by atoms with Crippen molar-refractivity contribution in [1.82, 2.24) is 10.2 Å². The third-order valence-corrected chi connectivity index (χ3v) is 2.92. The summed E-state index contributed by atoms with van der Waals surface area (Å²) in [4.78, 5) is 22.7. The predicted molar refractivity (Wildman–Crippen MR) is 81.9 cm³/mol. The quantitative estimate of drug-likeness (QED) is 0.823. The van der Waals surface area contributed by atoms with Crippen molar-refractivity contribution in [2.45, 2.75) is 6.92 Å². The molecule has 0 atom stereocenters. The fraction of sp³-hybridized carbons (Fsp3) is 0.267. The van der Waals surface area contributed by atoms with Gasteiger partial charge in [-0.25, -0.2) is 9.89 Å². The van der Waals surface area contributed by atoms with Crippen molar-refractivity contribution >= 4 is 11.8 Å². The van der Waals surface area contributed by atoms with Gasteiger partial charge in [-0.05, 0) is 24.6 Å². The van der Waals surface area contributed by atoms with Crippen molar-refractivity contribution in [2.75, 3.05) is 25.6 Å². The molecule has 2 N–H and O–H groups in total. The number of rotatable bonds is 5. The number of carbonyl (C=O) groups is 1. The smallest absolute Gasteiger partial charge is 0.411 e. The molecule has 1 heterocycles. The first kappa shape index (κ1) is 15.7. The maximum atomic E-state index is 11.5. The molecule has 1 aromatic heterocycles.